The summed E-state index contributed by atoms with van der Waals surface area (Å²) in [5.74, 6) is -0.486. The molecule has 0 spiro atoms. The Kier molecular flexibility index (Phi) is 9.45. The predicted octanol–water partition coefficient (Wildman–Crippen LogP) is 0.648. The number of rotatable bonds is 8. The lowest BCUT2D eigenvalue weighted by Gasteiger charge is -2.10. The standard InChI is InChI=1S/C9H17FNO6P/c1-2-3-8(12)16-6-17-9(13)11-4-7(10)5-18(14)15/h7,14-15H,2-6H2,1H3,(H,11,13)/t7-/m0/s1. The molecule has 1 amide bonds. The van der Waals surface area contributed by atoms with Crippen molar-refractivity contribution >= 4 is 20.4 Å². The third-order valence-corrected chi connectivity index (χ3v) is 2.42. The number of esters is 1. The van der Waals surface area contributed by atoms with Gasteiger partial charge in [0.15, 0.2) is 8.38 Å². The highest BCUT2D eigenvalue weighted by Crippen LogP contribution is 2.24. The van der Waals surface area contributed by atoms with E-state index in [1.165, 1.54) is 0 Å². The fourth-order valence-corrected chi connectivity index (χ4v) is 1.40. The molecule has 9 heteroatoms. The summed E-state index contributed by atoms with van der Waals surface area (Å²) in [7, 11) is -2.33. The molecule has 0 aromatic heterocycles. The van der Waals surface area contributed by atoms with E-state index in [0.29, 0.717) is 6.42 Å². The summed E-state index contributed by atoms with van der Waals surface area (Å²) in [5, 5.41) is 2.05. The van der Waals surface area contributed by atoms with Crippen LogP contribution >= 0.6 is 8.38 Å². The number of hydrogen-bond acceptors (Lipinski definition) is 6. The van der Waals surface area contributed by atoms with E-state index in [-0.39, 0.29) is 6.42 Å². The molecule has 0 fully saturated rings. The average molecular weight is 285 g/mol. The summed E-state index contributed by atoms with van der Waals surface area (Å²) in [5.41, 5.74) is 0. The van der Waals surface area contributed by atoms with E-state index in [2.05, 4.69) is 14.8 Å². The number of alkyl halides is 1. The molecule has 18 heavy (non-hydrogen) atoms. The summed E-state index contributed by atoms with van der Waals surface area (Å²) in [6.07, 6.45) is -2.10. The van der Waals surface area contributed by atoms with Gasteiger partial charge in [0.05, 0.1) is 12.7 Å². The van der Waals surface area contributed by atoms with Gasteiger partial charge in [-0.1, -0.05) is 6.92 Å². The highest BCUT2D eigenvalue weighted by molar-refractivity contribution is 7.45. The fraction of sp³-hybridized carbons (Fsp3) is 0.778. The molecule has 0 aliphatic heterocycles. The van der Waals surface area contributed by atoms with Gasteiger partial charge in [-0.25, -0.2) is 9.18 Å². The Labute approximate surface area is 105 Å². The number of alkyl carbamates (subject to hydrolysis) is 1. The first-order valence-corrected chi connectivity index (χ1v) is 6.74. The van der Waals surface area contributed by atoms with Crippen LogP contribution in [0.3, 0.4) is 0 Å². The molecule has 0 rings (SSSR count). The first kappa shape index (κ1) is 17.0. The van der Waals surface area contributed by atoms with Gasteiger partial charge in [-0.3, -0.25) is 4.79 Å². The third-order valence-electron chi connectivity index (χ3n) is 1.69. The zero-order valence-electron chi connectivity index (χ0n) is 9.97. The number of amides is 1. The zero-order chi connectivity index (χ0) is 14.0. The van der Waals surface area contributed by atoms with Crippen LogP contribution in [0.25, 0.3) is 0 Å². The van der Waals surface area contributed by atoms with Crippen LogP contribution in [0.5, 0.6) is 0 Å². The monoisotopic (exact) mass is 285 g/mol. The molecule has 0 radical (unpaired) electrons. The second kappa shape index (κ2) is 9.99. The molecular weight excluding hydrogens is 268 g/mol. The van der Waals surface area contributed by atoms with Gasteiger partial charge in [0.25, 0.3) is 0 Å². The number of carbonyl (C=O) groups is 2. The number of carbonyl (C=O) groups excluding carboxylic acids is 2. The number of nitrogens with one attached hydrogen (secondary N) is 1. The summed E-state index contributed by atoms with van der Waals surface area (Å²) in [6.45, 7) is 0.864. The molecule has 0 aromatic carbocycles. The van der Waals surface area contributed by atoms with Gasteiger partial charge in [-0.2, -0.15) is 0 Å². The van der Waals surface area contributed by atoms with Crippen molar-refractivity contribution in [3.63, 3.8) is 0 Å². The van der Waals surface area contributed by atoms with Gasteiger partial charge in [0.2, 0.25) is 6.79 Å². The minimum absolute atomic E-state index is 0.230. The molecule has 0 aliphatic carbocycles. The summed E-state index contributed by atoms with van der Waals surface area (Å²) < 4.78 is 21.9. The molecule has 0 heterocycles. The van der Waals surface area contributed by atoms with Crippen molar-refractivity contribution in [3.05, 3.63) is 0 Å². The van der Waals surface area contributed by atoms with Crippen molar-refractivity contribution in [2.24, 2.45) is 0 Å². The Balaban J connectivity index is 3.57. The van der Waals surface area contributed by atoms with E-state index < -0.39 is 46.1 Å². The summed E-state index contributed by atoms with van der Waals surface area (Å²) in [4.78, 5) is 38.9. The van der Waals surface area contributed by atoms with Crippen LogP contribution in [0.2, 0.25) is 0 Å². The Morgan fingerprint density at radius 1 is 1.39 bits per heavy atom. The van der Waals surface area contributed by atoms with E-state index in [1.54, 1.807) is 6.92 Å². The van der Waals surface area contributed by atoms with Crippen molar-refractivity contribution < 1.29 is 33.2 Å². The molecule has 0 aliphatic rings. The molecule has 0 unspecified atom stereocenters. The average Bonchev–Trinajstić information content (AvgIpc) is 2.26. The highest BCUT2D eigenvalue weighted by atomic mass is 31.2. The van der Waals surface area contributed by atoms with E-state index >= 15 is 0 Å². The number of ether oxygens (including phenoxy) is 2. The Hall–Kier alpha value is -0.980. The minimum Gasteiger partial charge on any atom is -0.428 e. The van der Waals surface area contributed by atoms with Crippen LogP contribution in [0, 0.1) is 0 Å². The van der Waals surface area contributed by atoms with Crippen LogP contribution in [0.15, 0.2) is 0 Å². The Bertz CT molecular complexity index is 265. The number of hydrogen-bond donors (Lipinski definition) is 3. The summed E-state index contributed by atoms with van der Waals surface area (Å²) in [6, 6.07) is 0. The molecule has 1 atom stereocenters. The maximum Gasteiger partial charge on any atom is 0.410 e. The molecule has 7 nitrogen and oxygen atoms in total. The second-order valence-corrected chi connectivity index (χ2v) is 4.46. The van der Waals surface area contributed by atoms with Gasteiger partial charge < -0.3 is 24.6 Å². The molecule has 3 N–H and O–H groups in total. The van der Waals surface area contributed by atoms with Crippen molar-refractivity contribution in [1.29, 1.82) is 0 Å². The van der Waals surface area contributed by atoms with Gasteiger partial charge in [-0.15, -0.1) is 0 Å². The van der Waals surface area contributed by atoms with Gasteiger partial charge in [0, 0.05) is 6.42 Å². The van der Waals surface area contributed by atoms with Crippen LogP contribution < -0.4 is 5.32 Å². The van der Waals surface area contributed by atoms with Crippen molar-refractivity contribution in [2.45, 2.75) is 25.9 Å². The first-order chi connectivity index (χ1) is 8.45. The SMILES string of the molecule is CCCC(=O)OCOC(=O)NC[C@H](F)CP(O)O. The lowest BCUT2D eigenvalue weighted by atomic mass is 10.3. The van der Waals surface area contributed by atoms with Crippen LogP contribution in [-0.2, 0) is 14.3 Å². The minimum atomic E-state index is -2.33. The normalized spacial score (nSPS) is 12.1. The zero-order valence-corrected chi connectivity index (χ0v) is 10.9. The molecule has 106 valence electrons. The summed E-state index contributed by atoms with van der Waals surface area (Å²) >= 11 is 0. The topological polar surface area (TPSA) is 105 Å². The smallest absolute Gasteiger partial charge is 0.410 e. The van der Waals surface area contributed by atoms with Crippen LogP contribution in [-0.4, -0.2) is 47.5 Å². The van der Waals surface area contributed by atoms with E-state index in [1.807, 2.05) is 0 Å². The number of halogens is 1. The van der Waals surface area contributed by atoms with E-state index in [0.717, 1.165) is 0 Å². The Morgan fingerprint density at radius 2 is 2.06 bits per heavy atom. The van der Waals surface area contributed by atoms with Gasteiger partial charge in [0.1, 0.15) is 6.17 Å². The van der Waals surface area contributed by atoms with Crippen LogP contribution in [0.1, 0.15) is 19.8 Å². The maximum absolute atomic E-state index is 12.9. The van der Waals surface area contributed by atoms with Gasteiger partial charge >= 0.3 is 12.1 Å². The van der Waals surface area contributed by atoms with E-state index in [4.69, 9.17) is 9.79 Å². The molecule has 0 bridgehead atoms. The predicted molar refractivity (Wildman–Crippen MR) is 61.5 cm³/mol. The molecule has 0 saturated heterocycles. The maximum atomic E-state index is 12.9. The molecule has 0 aromatic rings. The van der Waals surface area contributed by atoms with Gasteiger partial charge in [-0.05, 0) is 6.42 Å². The lowest BCUT2D eigenvalue weighted by molar-refractivity contribution is -0.151. The highest BCUT2D eigenvalue weighted by Gasteiger charge is 2.13. The molecule has 0 saturated carbocycles. The lowest BCUT2D eigenvalue weighted by Crippen LogP contribution is -2.32. The molecular formula is C9H17FNO6P. The second-order valence-electron chi connectivity index (χ2n) is 3.35. The van der Waals surface area contributed by atoms with E-state index in [9.17, 15) is 14.0 Å². The van der Waals surface area contributed by atoms with Crippen molar-refractivity contribution in [2.75, 3.05) is 19.5 Å². The first-order valence-electron chi connectivity index (χ1n) is 5.31. The van der Waals surface area contributed by atoms with Crippen molar-refractivity contribution in [1.82, 2.24) is 5.32 Å². The largest absolute Gasteiger partial charge is 0.428 e. The third kappa shape index (κ3) is 10.2. The quantitative estimate of drug-likeness (QED) is 0.343. The fourth-order valence-electron chi connectivity index (χ4n) is 0.912. The van der Waals surface area contributed by atoms with Crippen molar-refractivity contribution in [3.8, 4) is 0 Å². The van der Waals surface area contributed by atoms with Crippen LogP contribution in [0.4, 0.5) is 9.18 Å². The Morgan fingerprint density at radius 3 is 2.61 bits per heavy atom.